The van der Waals surface area contributed by atoms with Crippen molar-refractivity contribution in [3.05, 3.63) is 29.8 Å². The Morgan fingerprint density at radius 1 is 1.24 bits per heavy atom. The van der Waals surface area contributed by atoms with Crippen molar-refractivity contribution in [1.29, 1.82) is 0 Å². The van der Waals surface area contributed by atoms with Gasteiger partial charge in [0.15, 0.2) is 0 Å². The van der Waals surface area contributed by atoms with Crippen molar-refractivity contribution in [3.63, 3.8) is 0 Å². The van der Waals surface area contributed by atoms with Crippen LogP contribution in [0.2, 0.25) is 0 Å². The van der Waals surface area contributed by atoms with Gasteiger partial charge in [-0.25, -0.2) is 0 Å². The van der Waals surface area contributed by atoms with E-state index in [0.717, 1.165) is 38.0 Å². The van der Waals surface area contributed by atoms with Crippen LogP contribution in [-0.2, 0) is 4.79 Å². The van der Waals surface area contributed by atoms with Gasteiger partial charge in [0.2, 0.25) is 5.91 Å². The number of benzene rings is 1. The Hall–Kier alpha value is -1.43. The molecule has 25 heavy (non-hydrogen) atoms. The van der Waals surface area contributed by atoms with Crippen molar-refractivity contribution in [1.82, 2.24) is 10.2 Å². The summed E-state index contributed by atoms with van der Waals surface area (Å²) in [5, 5.41) is 17.3. The Balaban J connectivity index is 1.41. The van der Waals surface area contributed by atoms with Crippen molar-refractivity contribution in [3.8, 4) is 0 Å². The number of rotatable bonds is 6. The molecule has 5 nitrogen and oxygen atoms in total. The number of nitrogens with zero attached hydrogens (tertiary/aromatic N) is 1. The Bertz CT molecular complexity index is 573. The van der Waals surface area contributed by atoms with Crippen molar-refractivity contribution >= 4 is 11.6 Å². The molecule has 2 saturated heterocycles. The number of aryl methyl sites for hydroxylation is 1. The van der Waals surface area contributed by atoms with Crippen LogP contribution in [0.3, 0.4) is 0 Å². The van der Waals surface area contributed by atoms with Crippen molar-refractivity contribution in [2.45, 2.75) is 57.1 Å². The molecular formula is C20H31N3O2. The van der Waals surface area contributed by atoms with E-state index in [-0.39, 0.29) is 11.9 Å². The minimum absolute atomic E-state index is 0.00581. The lowest BCUT2D eigenvalue weighted by Crippen LogP contribution is -2.62. The van der Waals surface area contributed by atoms with Crippen LogP contribution in [0.1, 0.15) is 44.1 Å². The number of hydrogen-bond donors (Lipinski definition) is 3. The molecule has 2 fully saturated rings. The number of nitrogens with one attached hydrogen (secondary N) is 2. The average molecular weight is 345 g/mol. The summed E-state index contributed by atoms with van der Waals surface area (Å²) >= 11 is 0. The van der Waals surface area contributed by atoms with Crippen molar-refractivity contribution in [2.24, 2.45) is 0 Å². The minimum atomic E-state index is -0.647. The first-order valence-electron chi connectivity index (χ1n) is 9.60. The molecular weight excluding hydrogens is 314 g/mol. The minimum Gasteiger partial charge on any atom is -0.387 e. The van der Waals surface area contributed by atoms with Gasteiger partial charge in [-0.2, -0.15) is 0 Å². The molecule has 1 aromatic rings. The van der Waals surface area contributed by atoms with Gasteiger partial charge in [-0.3, -0.25) is 9.69 Å². The predicted octanol–water partition coefficient (Wildman–Crippen LogP) is 2.29. The first-order valence-corrected chi connectivity index (χ1v) is 9.60. The first kappa shape index (κ1) is 18.4. The van der Waals surface area contributed by atoms with Crippen LogP contribution < -0.4 is 10.6 Å². The molecule has 0 unspecified atom stereocenters. The first-order chi connectivity index (χ1) is 12.1. The highest BCUT2D eigenvalue weighted by molar-refractivity contribution is 5.90. The molecule has 2 aliphatic rings. The number of carbonyl (C=O) groups is 1. The highest BCUT2D eigenvalue weighted by Crippen LogP contribution is 2.33. The summed E-state index contributed by atoms with van der Waals surface area (Å²) in [5.41, 5.74) is 1.36. The lowest BCUT2D eigenvalue weighted by atomic mass is 9.79. The summed E-state index contributed by atoms with van der Waals surface area (Å²) in [6.07, 6.45) is 5.88. The Labute approximate surface area is 150 Å². The third-order valence-electron chi connectivity index (χ3n) is 5.58. The van der Waals surface area contributed by atoms with Gasteiger partial charge in [-0.1, -0.05) is 24.1 Å². The number of anilines is 1. The number of fused-ring (bicyclic) bond motifs is 1. The zero-order valence-electron chi connectivity index (χ0n) is 15.3. The standard InChI is InChI=1S/C20H31N3O2/c1-16-6-8-17(9-7-16)22-19(24)10-12-21-15-20(25)11-4-14-23-13-3-2-5-18(20)23/h6-9,18,21,25H,2-5,10-15H2,1H3,(H,22,24)/t18-,20-/m1/s1. The molecule has 0 aliphatic carbocycles. The third-order valence-corrected chi connectivity index (χ3v) is 5.58. The smallest absolute Gasteiger partial charge is 0.225 e. The van der Waals surface area contributed by atoms with E-state index < -0.39 is 5.60 Å². The van der Waals surface area contributed by atoms with E-state index in [1.165, 1.54) is 18.4 Å². The maximum atomic E-state index is 12.0. The van der Waals surface area contributed by atoms with E-state index in [4.69, 9.17) is 0 Å². The number of aliphatic hydroxyl groups is 1. The lowest BCUT2D eigenvalue weighted by Gasteiger charge is -2.49. The number of amides is 1. The van der Waals surface area contributed by atoms with E-state index in [0.29, 0.717) is 19.5 Å². The molecule has 2 aliphatic heterocycles. The predicted molar refractivity (Wildman–Crippen MR) is 101 cm³/mol. The molecule has 0 spiro atoms. The van der Waals surface area contributed by atoms with Crippen LogP contribution in [0.4, 0.5) is 5.69 Å². The zero-order chi connectivity index (χ0) is 17.7. The van der Waals surface area contributed by atoms with Crippen LogP contribution in [0, 0.1) is 6.92 Å². The van der Waals surface area contributed by atoms with Gasteiger partial charge in [0.05, 0.1) is 5.60 Å². The molecule has 1 amide bonds. The highest BCUT2D eigenvalue weighted by Gasteiger charge is 2.43. The normalized spacial score (nSPS) is 26.9. The van der Waals surface area contributed by atoms with Crippen LogP contribution in [-0.4, -0.2) is 53.7 Å². The fourth-order valence-electron chi connectivity index (χ4n) is 4.20. The van der Waals surface area contributed by atoms with Gasteiger partial charge >= 0.3 is 0 Å². The van der Waals surface area contributed by atoms with E-state index in [1.54, 1.807) is 0 Å². The maximum Gasteiger partial charge on any atom is 0.225 e. The molecule has 2 heterocycles. The second kappa shape index (κ2) is 8.30. The summed E-state index contributed by atoms with van der Waals surface area (Å²) in [6.45, 7) is 5.43. The highest BCUT2D eigenvalue weighted by atomic mass is 16.3. The van der Waals surface area contributed by atoms with Gasteiger partial charge < -0.3 is 15.7 Å². The molecule has 0 aromatic heterocycles. The van der Waals surface area contributed by atoms with Gasteiger partial charge in [-0.15, -0.1) is 0 Å². The molecule has 0 saturated carbocycles. The van der Waals surface area contributed by atoms with Gasteiger partial charge in [0.25, 0.3) is 0 Å². The lowest BCUT2D eigenvalue weighted by molar-refractivity contribution is -0.116. The number of piperidine rings is 2. The van der Waals surface area contributed by atoms with Gasteiger partial charge in [0, 0.05) is 31.2 Å². The third kappa shape index (κ3) is 4.81. The number of hydrogen-bond acceptors (Lipinski definition) is 4. The van der Waals surface area contributed by atoms with Crippen molar-refractivity contribution in [2.75, 3.05) is 31.5 Å². The topological polar surface area (TPSA) is 64.6 Å². The molecule has 3 rings (SSSR count). The Morgan fingerprint density at radius 3 is 2.80 bits per heavy atom. The molecule has 2 atom stereocenters. The average Bonchev–Trinajstić information content (AvgIpc) is 2.61. The van der Waals surface area contributed by atoms with Crippen LogP contribution in [0.5, 0.6) is 0 Å². The molecule has 0 bridgehead atoms. The van der Waals surface area contributed by atoms with E-state index in [1.807, 2.05) is 31.2 Å². The summed E-state index contributed by atoms with van der Waals surface area (Å²) in [5.74, 6) is 0.00581. The van der Waals surface area contributed by atoms with E-state index in [9.17, 15) is 9.90 Å². The molecule has 1 aromatic carbocycles. The van der Waals surface area contributed by atoms with Crippen molar-refractivity contribution < 1.29 is 9.90 Å². The van der Waals surface area contributed by atoms with Crippen LogP contribution in [0.15, 0.2) is 24.3 Å². The SMILES string of the molecule is Cc1ccc(NC(=O)CCNC[C@]2(O)CCCN3CCCC[C@@H]32)cc1. The summed E-state index contributed by atoms with van der Waals surface area (Å²) in [6, 6.07) is 8.10. The molecule has 5 heteroatoms. The maximum absolute atomic E-state index is 12.0. The zero-order valence-corrected chi connectivity index (χ0v) is 15.3. The molecule has 138 valence electrons. The number of carbonyl (C=O) groups excluding carboxylic acids is 1. The summed E-state index contributed by atoms with van der Waals surface area (Å²) in [4.78, 5) is 14.5. The van der Waals surface area contributed by atoms with Crippen LogP contribution >= 0.6 is 0 Å². The second-order valence-corrected chi connectivity index (χ2v) is 7.60. The monoisotopic (exact) mass is 345 g/mol. The van der Waals surface area contributed by atoms with Crippen LogP contribution in [0.25, 0.3) is 0 Å². The Morgan fingerprint density at radius 2 is 2.00 bits per heavy atom. The quantitative estimate of drug-likeness (QED) is 0.692. The summed E-state index contributed by atoms with van der Waals surface area (Å²) < 4.78 is 0. The Kier molecular flexibility index (Phi) is 6.10. The van der Waals surface area contributed by atoms with E-state index in [2.05, 4.69) is 15.5 Å². The second-order valence-electron chi connectivity index (χ2n) is 7.60. The fourth-order valence-corrected chi connectivity index (χ4v) is 4.20. The fraction of sp³-hybridized carbons (Fsp3) is 0.650. The van der Waals surface area contributed by atoms with Gasteiger partial charge in [0.1, 0.15) is 0 Å². The summed E-state index contributed by atoms with van der Waals surface area (Å²) in [7, 11) is 0. The van der Waals surface area contributed by atoms with Gasteiger partial charge in [-0.05, 0) is 57.8 Å². The molecule has 3 N–H and O–H groups in total. The largest absolute Gasteiger partial charge is 0.387 e. The van der Waals surface area contributed by atoms with E-state index >= 15 is 0 Å². The molecule has 0 radical (unpaired) electrons.